The summed E-state index contributed by atoms with van der Waals surface area (Å²) in [6.45, 7) is 0.992. The van der Waals surface area contributed by atoms with Crippen molar-refractivity contribution >= 4 is 5.69 Å². The first-order valence-corrected chi connectivity index (χ1v) is 5.90. The van der Waals surface area contributed by atoms with Crippen LogP contribution in [0.25, 0.3) is 0 Å². The number of anilines is 1. The third-order valence-corrected chi connectivity index (χ3v) is 2.47. The molecule has 96 valence electrons. The molecule has 0 bridgehead atoms. The van der Waals surface area contributed by atoms with Crippen LogP contribution in [0.3, 0.4) is 0 Å². The van der Waals surface area contributed by atoms with Gasteiger partial charge in [-0.3, -0.25) is 0 Å². The molecule has 1 N–H and O–H groups in total. The maximum atomic E-state index is 13.2. The van der Waals surface area contributed by atoms with Crippen LogP contribution in [0, 0.1) is 17.1 Å². The van der Waals surface area contributed by atoms with E-state index in [-0.39, 0.29) is 0 Å². The van der Waals surface area contributed by atoms with Crippen LogP contribution in [0.15, 0.2) is 48.5 Å². The molecule has 0 saturated heterocycles. The van der Waals surface area contributed by atoms with Gasteiger partial charge >= 0.3 is 0 Å². The second-order valence-electron chi connectivity index (χ2n) is 3.93. The maximum absolute atomic E-state index is 13.2. The zero-order valence-corrected chi connectivity index (χ0v) is 10.3. The summed E-state index contributed by atoms with van der Waals surface area (Å²) in [6, 6.07) is 15.5. The number of rotatable bonds is 5. The number of nitrogens with one attached hydrogen (secondary N) is 1. The van der Waals surface area contributed by atoms with E-state index < -0.39 is 5.82 Å². The molecule has 0 atom stereocenters. The topological polar surface area (TPSA) is 45.0 Å². The monoisotopic (exact) mass is 256 g/mol. The van der Waals surface area contributed by atoms with Gasteiger partial charge in [-0.1, -0.05) is 18.2 Å². The van der Waals surface area contributed by atoms with E-state index in [0.717, 1.165) is 5.75 Å². The predicted molar refractivity (Wildman–Crippen MR) is 71.5 cm³/mol. The van der Waals surface area contributed by atoms with Gasteiger partial charge in [0.2, 0.25) is 0 Å². The fourth-order valence-electron chi connectivity index (χ4n) is 1.64. The van der Waals surface area contributed by atoms with Crippen LogP contribution in [0.1, 0.15) is 5.56 Å². The summed E-state index contributed by atoms with van der Waals surface area (Å²) in [4.78, 5) is 0. The van der Waals surface area contributed by atoms with E-state index in [4.69, 9.17) is 10.00 Å². The number of nitrogens with zero attached hydrogens (tertiary/aromatic N) is 1. The Morgan fingerprint density at radius 1 is 1.16 bits per heavy atom. The molecular formula is C15H13FN2O. The quantitative estimate of drug-likeness (QED) is 0.835. The molecule has 2 rings (SSSR count). The van der Waals surface area contributed by atoms with Gasteiger partial charge in [0, 0.05) is 12.2 Å². The third-order valence-electron chi connectivity index (χ3n) is 2.47. The van der Waals surface area contributed by atoms with Crippen LogP contribution >= 0.6 is 0 Å². The van der Waals surface area contributed by atoms with Crippen LogP contribution < -0.4 is 10.1 Å². The van der Waals surface area contributed by atoms with Gasteiger partial charge in [0.05, 0.1) is 11.6 Å². The molecule has 0 aliphatic heterocycles. The lowest BCUT2D eigenvalue weighted by molar-refractivity contribution is 0.333. The fourth-order valence-corrected chi connectivity index (χ4v) is 1.64. The molecule has 4 heteroatoms. The molecule has 0 aromatic heterocycles. The average Bonchev–Trinajstić information content (AvgIpc) is 2.44. The highest BCUT2D eigenvalue weighted by molar-refractivity contribution is 5.49. The van der Waals surface area contributed by atoms with Crippen molar-refractivity contribution < 1.29 is 9.13 Å². The lowest BCUT2D eigenvalue weighted by atomic mass is 10.2. The molecule has 0 saturated carbocycles. The van der Waals surface area contributed by atoms with E-state index in [9.17, 15) is 4.39 Å². The molecule has 0 spiro atoms. The van der Waals surface area contributed by atoms with E-state index >= 15 is 0 Å². The highest BCUT2D eigenvalue weighted by Gasteiger charge is 2.00. The van der Waals surface area contributed by atoms with Gasteiger partial charge < -0.3 is 10.1 Å². The van der Waals surface area contributed by atoms with Crippen LogP contribution in [0.4, 0.5) is 10.1 Å². The van der Waals surface area contributed by atoms with E-state index in [2.05, 4.69) is 5.32 Å². The van der Waals surface area contributed by atoms with E-state index in [1.165, 1.54) is 12.1 Å². The third kappa shape index (κ3) is 4.00. The van der Waals surface area contributed by atoms with Crippen LogP contribution in [-0.2, 0) is 0 Å². The average molecular weight is 256 g/mol. The molecule has 0 radical (unpaired) electrons. The summed E-state index contributed by atoms with van der Waals surface area (Å²) in [6.07, 6.45) is 0. The Morgan fingerprint density at radius 2 is 1.95 bits per heavy atom. The first kappa shape index (κ1) is 12.9. The zero-order valence-electron chi connectivity index (χ0n) is 10.3. The summed E-state index contributed by atoms with van der Waals surface area (Å²) >= 11 is 0. The summed E-state index contributed by atoms with van der Waals surface area (Å²) in [5.41, 5.74) is 0.875. The van der Waals surface area contributed by atoms with Gasteiger partial charge in [0.25, 0.3) is 0 Å². The van der Waals surface area contributed by atoms with Gasteiger partial charge in [-0.15, -0.1) is 0 Å². The van der Waals surface area contributed by atoms with Crippen molar-refractivity contribution in [2.24, 2.45) is 0 Å². The highest BCUT2D eigenvalue weighted by atomic mass is 19.1. The molecule has 2 aromatic carbocycles. The maximum Gasteiger partial charge on any atom is 0.126 e. The van der Waals surface area contributed by atoms with Crippen molar-refractivity contribution in [1.82, 2.24) is 0 Å². The minimum Gasteiger partial charge on any atom is -0.492 e. The molecule has 0 amide bonds. The Morgan fingerprint density at radius 3 is 2.68 bits per heavy atom. The van der Waals surface area contributed by atoms with Gasteiger partial charge in [-0.05, 0) is 30.3 Å². The van der Waals surface area contributed by atoms with Crippen LogP contribution in [0.5, 0.6) is 5.75 Å². The zero-order chi connectivity index (χ0) is 13.5. The molecular weight excluding hydrogens is 243 g/mol. The summed E-state index contributed by atoms with van der Waals surface area (Å²) < 4.78 is 18.7. The number of ether oxygens (including phenoxy) is 1. The summed E-state index contributed by atoms with van der Waals surface area (Å²) in [5.74, 6) is 0.367. The van der Waals surface area contributed by atoms with E-state index in [0.29, 0.717) is 24.4 Å². The minimum absolute atomic E-state index is 0.298. The molecule has 0 aliphatic rings. The fraction of sp³-hybridized carbons (Fsp3) is 0.133. The number of benzene rings is 2. The van der Waals surface area contributed by atoms with Crippen molar-refractivity contribution in [2.45, 2.75) is 0 Å². The standard InChI is InChI=1S/C15H13FN2O/c16-13-8-12(11-17)9-14(10-13)18-6-7-19-15-4-2-1-3-5-15/h1-5,8-10,18H,6-7H2. The van der Waals surface area contributed by atoms with E-state index in [1.54, 1.807) is 6.07 Å². The lowest BCUT2D eigenvalue weighted by Crippen LogP contribution is -2.11. The van der Waals surface area contributed by atoms with Crippen molar-refractivity contribution in [1.29, 1.82) is 5.26 Å². The van der Waals surface area contributed by atoms with Gasteiger partial charge in [0.1, 0.15) is 18.2 Å². The van der Waals surface area contributed by atoms with Gasteiger partial charge in [0.15, 0.2) is 0 Å². The largest absolute Gasteiger partial charge is 0.492 e. The normalized spacial score (nSPS) is 9.68. The number of hydrogen-bond acceptors (Lipinski definition) is 3. The minimum atomic E-state index is -0.425. The van der Waals surface area contributed by atoms with Gasteiger partial charge in [-0.25, -0.2) is 4.39 Å². The number of hydrogen-bond donors (Lipinski definition) is 1. The molecule has 2 aromatic rings. The predicted octanol–water partition coefficient (Wildman–Crippen LogP) is 3.19. The number of nitriles is 1. The smallest absolute Gasteiger partial charge is 0.126 e. The number of para-hydroxylation sites is 1. The molecule has 0 aliphatic carbocycles. The molecule has 0 heterocycles. The molecule has 0 unspecified atom stereocenters. The second-order valence-corrected chi connectivity index (χ2v) is 3.93. The molecule has 19 heavy (non-hydrogen) atoms. The van der Waals surface area contributed by atoms with Crippen molar-refractivity contribution in [2.75, 3.05) is 18.5 Å². The van der Waals surface area contributed by atoms with Crippen LogP contribution in [-0.4, -0.2) is 13.2 Å². The summed E-state index contributed by atoms with van der Waals surface area (Å²) in [5, 5.41) is 11.8. The van der Waals surface area contributed by atoms with E-state index in [1.807, 2.05) is 36.4 Å². The Kier molecular flexibility index (Phi) is 4.35. The summed E-state index contributed by atoms with van der Waals surface area (Å²) in [7, 11) is 0. The first-order chi connectivity index (χ1) is 9.28. The van der Waals surface area contributed by atoms with Crippen molar-refractivity contribution in [3.8, 4) is 11.8 Å². The first-order valence-electron chi connectivity index (χ1n) is 5.90. The second kappa shape index (κ2) is 6.41. The van der Waals surface area contributed by atoms with Crippen molar-refractivity contribution in [3.63, 3.8) is 0 Å². The Bertz CT molecular complexity index is 578. The Balaban J connectivity index is 1.83. The molecule has 3 nitrogen and oxygen atoms in total. The highest BCUT2D eigenvalue weighted by Crippen LogP contribution is 2.13. The van der Waals surface area contributed by atoms with Crippen LogP contribution in [0.2, 0.25) is 0 Å². The molecule has 0 fully saturated rings. The van der Waals surface area contributed by atoms with Crippen molar-refractivity contribution in [3.05, 3.63) is 59.9 Å². The lowest BCUT2D eigenvalue weighted by Gasteiger charge is -2.08. The van der Waals surface area contributed by atoms with Gasteiger partial charge in [-0.2, -0.15) is 5.26 Å². The Hall–Kier alpha value is -2.54. The SMILES string of the molecule is N#Cc1cc(F)cc(NCCOc2ccccc2)c1. The number of halogens is 1. The Labute approximate surface area is 111 Å².